The lowest BCUT2D eigenvalue weighted by molar-refractivity contribution is -0.119. The van der Waals surface area contributed by atoms with Crippen LogP contribution in [0.4, 0.5) is 11.4 Å². The summed E-state index contributed by atoms with van der Waals surface area (Å²) in [4.78, 5) is 23.1. The molecule has 1 aromatic rings. The van der Waals surface area contributed by atoms with Gasteiger partial charge in [0.05, 0.1) is 5.69 Å². The number of fused-ring (bicyclic) bond motifs is 1. The fourth-order valence-electron chi connectivity index (χ4n) is 2.52. The highest BCUT2D eigenvalue weighted by molar-refractivity contribution is 5.97. The lowest BCUT2D eigenvalue weighted by Gasteiger charge is -2.19. The van der Waals surface area contributed by atoms with Gasteiger partial charge in [-0.3, -0.25) is 9.59 Å². The SMILES string of the molecule is Cl.O=C(CC1CCCN1)Nc1ccc2c(c1)OCC(=O)N2. The number of benzene rings is 1. The molecule has 3 rings (SSSR count). The summed E-state index contributed by atoms with van der Waals surface area (Å²) in [5, 5.41) is 8.87. The number of nitrogens with one attached hydrogen (secondary N) is 3. The van der Waals surface area contributed by atoms with Gasteiger partial charge >= 0.3 is 0 Å². The Labute approximate surface area is 129 Å². The number of carbonyl (C=O) groups excluding carboxylic acids is 2. The third-order valence-corrected chi connectivity index (χ3v) is 3.49. The van der Waals surface area contributed by atoms with E-state index in [9.17, 15) is 9.59 Å². The van der Waals surface area contributed by atoms with Crippen molar-refractivity contribution in [1.82, 2.24) is 5.32 Å². The molecular formula is C14H18ClN3O3. The van der Waals surface area contributed by atoms with Crippen molar-refractivity contribution in [1.29, 1.82) is 0 Å². The number of carbonyl (C=O) groups is 2. The van der Waals surface area contributed by atoms with Crippen LogP contribution >= 0.6 is 12.4 Å². The Balaban J connectivity index is 0.00000161. The maximum atomic E-state index is 11.9. The van der Waals surface area contributed by atoms with Crippen molar-refractivity contribution >= 4 is 35.6 Å². The Hall–Kier alpha value is -1.79. The fourth-order valence-corrected chi connectivity index (χ4v) is 2.52. The third kappa shape index (κ3) is 3.86. The lowest BCUT2D eigenvalue weighted by Crippen LogP contribution is -2.28. The van der Waals surface area contributed by atoms with Gasteiger partial charge in [0.25, 0.3) is 5.91 Å². The first-order valence-corrected chi connectivity index (χ1v) is 6.80. The van der Waals surface area contributed by atoms with Gasteiger partial charge in [0, 0.05) is 24.2 Å². The van der Waals surface area contributed by atoms with Crippen LogP contribution in [0.25, 0.3) is 0 Å². The molecule has 0 aliphatic carbocycles. The van der Waals surface area contributed by atoms with Crippen molar-refractivity contribution in [2.75, 3.05) is 23.8 Å². The Kier molecular flexibility index (Phi) is 5.03. The minimum atomic E-state index is -0.165. The first-order chi connectivity index (χ1) is 9.70. The van der Waals surface area contributed by atoms with E-state index in [0.29, 0.717) is 23.5 Å². The summed E-state index contributed by atoms with van der Waals surface area (Å²) < 4.78 is 5.32. The number of amides is 2. The largest absolute Gasteiger partial charge is 0.482 e. The van der Waals surface area contributed by atoms with Crippen molar-refractivity contribution in [3.8, 4) is 5.75 Å². The van der Waals surface area contributed by atoms with Gasteiger partial charge in [-0.15, -0.1) is 12.4 Å². The average molecular weight is 312 g/mol. The van der Waals surface area contributed by atoms with Crippen LogP contribution in [0.5, 0.6) is 5.75 Å². The molecule has 0 aromatic heterocycles. The van der Waals surface area contributed by atoms with Crippen molar-refractivity contribution < 1.29 is 14.3 Å². The van der Waals surface area contributed by atoms with Crippen LogP contribution < -0.4 is 20.7 Å². The van der Waals surface area contributed by atoms with E-state index < -0.39 is 0 Å². The summed E-state index contributed by atoms with van der Waals surface area (Å²) in [6, 6.07) is 5.50. The summed E-state index contributed by atoms with van der Waals surface area (Å²) in [6.07, 6.45) is 2.66. The van der Waals surface area contributed by atoms with E-state index >= 15 is 0 Å². The molecule has 2 aliphatic rings. The minimum Gasteiger partial charge on any atom is -0.482 e. The van der Waals surface area contributed by atoms with Crippen molar-refractivity contribution in [2.45, 2.75) is 25.3 Å². The monoisotopic (exact) mass is 311 g/mol. The summed E-state index contributed by atoms with van der Waals surface area (Å²) in [5.74, 6) is 0.409. The Morgan fingerprint density at radius 3 is 3.05 bits per heavy atom. The van der Waals surface area contributed by atoms with E-state index in [2.05, 4.69) is 16.0 Å². The normalized spacial score (nSPS) is 19.8. The Morgan fingerprint density at radius 2 is 2.29 bits per heavy atom. The molecule has 0 spiro atoms. The van der Waals surface area contributed by atoms with E-state index in [0.717, 1.165) is 19.4 Å². The number of hydrogen-bond donors (Lipinski definition) is 3. The predicted octanol–water partition coefficient (Wildman–Crippen LogP) is 1.52. The van der Waals surface area contributed by atoms with Crippen LogP contribution in [0.3, 0.4) is 0 Å². The zero-order valence-corrected chi connectivity index (χ0v) is 12.3. The molecule has 0 radical (unpaired) electrons. The molecule has 114 valence electrons. The Morgan fingerprint density at radius 1 is 1.43 bits per heavy atom. The second-order valence-corrected chi connectivity index (χ2v) is 5.09. The van der Waals surface area contributed by atoms with Gasteiger partial charge in [0.2, 0.25) is 5.91 Å². The van der Waals surface area contributed by atoms with E-state index in [-0.39, 0.29) is 36.9 Å². The number of halogens is 1. The molecular weight excluding hydrogens is 294 g/mol. The van der Waals surface area contributed by atoms with Gasteiger partial charge in [-0.25, -0.2) is 0 Å². The number of anilines is 2. The van der Waals surface area contributed by atoms with Crippen LogP contribution in [-0.4, -0.2) is 31.0 Å². The summed E-state index contributed by atoms with van der Waals surface area (Å²) in [5.41, 5.74) is 1.32. The van der Waals surface area contributed by atoms with Gasteiger partial charge in [-0.05, 0) is 31.5 Å². The van der Waals surface area contributed by atoms with Gasteiger partial charge in [0.15, 0.2) is 6.61 Å². The van der Waals surface area contributed by atoms with Gasteiger partial charge in [0.1, 0.15) is 5.75 Å². The molecule has 1 saturated heterocycles. The lowest BCUT2D eigenvalue weighted by atomic mass is 10.1. The molecule has 0 saturated carbocycles. The highest BCUT2D eigenvalue weighted by Gasteiger charge is 2.19. The number of rotatable bonds is 3. The number of ether oxygens (including phenoxy) is 1. The summed E-state index contributed by atoms with van der Waals surface area (Å²) >= 11 is 0. The summed E-state index contributed by atoms with van der Waals surface area (Å²) in [7, 11) is 0. The standard InChI is InChI=1S/C14H17N3O3.ClH/c18-13(7-9-2-1-5-15-9)16-10-3-4-11-12(6-10)20-8-14(19)17-11;/h3-4,6,9,15H,1-2,5,7-8H2,(H,16,18)(H,17,19);1H. The first-order valence-electron chi connectivity index (χ1n) is 6.80. The van der Waals surface area contributed by atoms with Gasteiger partial charge in [-0.1, -0.05) is 0 Å². The fraction of sp³-hybridized carbons (Fsp3) is 0.429. The molecule has 2 amide bonds. The first kappa shape index (κ1) is 15.6. The second-order valence-electron chi connectivity index (χ2n) is 5.09. The maximum absolute atomic E-state index is 11.9. The molecule has 2 heterocycles. The third-order valence-electron chi connectivity index (χ3n) is 3.49. The summed E-state index contributed by atoms with van der Waals surface area (Å²) in [6.45, 7) is 1.00. The smallest absolute Gasteiger partial charge is 0.262 e. The highest BCUT2D eigenvalue weighted by Crippen LogP contribution is 2.30. The molecule has 21 heavy (non-hydrogen) atoms. The molecule has 2 aliphatic heterocycles. The minimum absolute atomic E-state index is 0. The topological polar surface area (TPSA) is 79.5 Å². The van der Waals surface area contributed by atoms with Crippen LogP contribution in [0.15, 0.2) is 18.2 Å². The van der Waals surface area contributed by atoms with Crippen LogP contribution in [-0.2, 0) is 9.59 Å². The zero-order valence-electron chi connectivity index (χ0n) is 11.5. The second kappa shape index (κ2) is 6.78. The van der Waals surface area contributed by atoms with E-state index in [4.69, 9.17) is 4.74 Å². The number of hydrogen-bond acceptors (Lipinski definition) is 4. The van der Waals surface area contributed by atoms with Crippen LogP contribution in [0.2, 0.25) is 0 Å². The molecule has 1 atom stereocenters. The quantitative estimate of drug-likeness (QED) is 0.791. The highest BCUT2D eigenvalue weighted by atomic mass is 35.5. The molecule has 3 N–H and O–H groups in total. The van der Waals surface area contributed by atoms with Crippen molar-refractivity contribution in [3.05, 3.63) is 18.2 Å². The zero-order chi connectivity index (χ0) is 13.9. The van der Waals surface area contributed by atoms with E-state index in [1.807, 2.05) is 0 Å². The van der Waals surface area contributed by atoms with Crippen molar-refractivity contribution in [3.63, 3.8) is 0 Å². The van der Waals surface area contributed by atoms with Crippen LogP contribution in [0.1, 0.15) is 19.3 Å². The maximum Gasteiger partial charge on any atom is 0.262 e. The molecule has 1 fully saturated rings. The van der Waals surface area contributed by atoms with Gasteiger partial charge < -0.3 is 20.7 Å². The van der Waals surface area contributed by atoms with Gasteiger partial charge in [-0.2, -0.15) is 0 Å². The molecule has 0 bridgehead atoms. The van der Waals surface area contributed by atoms with Crippen LogP contribution in [0, 0.1) is 0 Å². The molecule has 7 heteroatoms. The van der Waals surface area contributed by atoms with E-state index in [1.165, 1.54) is 0 Å². The molecule has 6 nitrogen and oxygen atoms in total. The molecule has 1 aromatic carbocycles. The molecule has 1 unspecified atom stereocenters. The average Bonchev–Trinajstić information content (AvgIpc) is 2.91. The van der Waals surface area contributed by atoms with E-state index in [1.54, 1.807) is 18.2 Å². The predicted molar refractivity (Wildman–Crippen MR) is 82.1 cm³/mol. The van der Waals surface area contributed by atoms with Crippen molar-refractivity contribution in [2.24, 2.45) is 0 Å². The Bertz CT molecular complexity index is 544.